The molecule has 3 unspecified atom stereocenters. The summed E-state index contributed by atoms with van der Waals surface area (Å²) in [7, 11) is 0. The average molecular weight is 595 g/mol. The third kappa shape index (κ3) is 8.90. The van der Waals surface area contributed by atoms with Crippen molar-refractivity contribution in [3.63, 3.8) is 0 Å². The van der Waals surface area contributed by atoms with Gasteiger partial charge in [-0.3, -0.25) is 5.41 Å². The molecule has 0 aromatic heterocycles. The quantitative estimate of drug-likeness (QED) is 0.165. The fourth-order valence-electron chi connectivity index (χ4n) is 4.09. The van der Waals surface area contributed by atoms with Crippen LogP contribution in [0.1, 0.15) is 16.7 Å². The molecular weight excluding hydrogens is 565 g/mol. The van der Waals surface area contributed by atoms with Gasteiger partial charge in [0.2, 0.25) is 12.2 Å². The zero-order chi connectivity index (χ0) is 27.7. The second-order valence-corrected chi connectivity index (χ2v) is 11.3. The van der Waals surface area contributed by atoms with Gasteiger partial charge in [0.05, 0.1) is 26.4 Å². The van der Waals surface area contributed by atoms with E-state index in [0.29, 0.717) is 6.61 Å². The van der Waals surface area contributed by atoms with Crippen molar-refractivity contribution in [2.75, 3.05) is 6.61 Å². The van der Waals surface area contributed by atoms with Crippen molar-refractivity contribution >= 4 is 40.7 Å². The van der Waals surface area contributed by atoms with E-state index in [1.54, 1.807) is 0 Å². The van der Waals surface area contributed by atoms with Crippen LogP contribution in [0.15, 0.2) is 91.0 Å². The molecule has 0 saturated carbocycles. The van der Waals surface area contributed by atoms with Crippen LogP contribution in [0.25, 0.3) is 0 Å². The van der Waals surface area contributed by atoms with E-state index in [9.17, 15) is 5.11 Å². The number of hydrogen-bond acceptors (Lipinski definition) is 7. The molecule has 10 heteroatoms. The summed E-state index contributed by atoms with van der Waals surface area (Å²) in [5.74, 6) is -0.661. The van der Waals surface area contributed by atoms with Crippen LogP contribution in [0.3, 0.4) is 0 Å². The first-order chi connectivity index (χ1) is 18.8. The van der Waals surface area contributed by atoms with Crippen molar-refractivity contribution in [2.45, 2.75) is 54.3 Å². The lowest BCUT2D eigenvalue weighted by Crippen LogP contribution is -2.61. The normalized spacial score (nSPS) is 23.3. The lowest BCUT2D eigenvalue weighted by atomic mass is 9.98. The Kier molecular flexibility index (Phi) is 11.0. The molecule has 3 aromatic carbocycles. The molecule has 1 fully saturated rings. The second-order valence-electron chi connectivity index (χ2n) is 9.00. The molecule has 1 saturated heterocycles. The highest BCUT2D eigenvalue weighted by molar-refractivity contribution is 6.76. The third-order valence-electron chi connectivity index (χ3n) is 6.07. The molecule has 4 rings (SSSR count). The first-order valence-corrected chi connectivity index (χ1v) is 13.5. The van der Waals surface area contributed by atoms with E-state index >= 15 is 0 Å². The molecule has 1 heterocycles. The molecule has 0 aliphatic carbocycles. The topological polar surface area (TPSA) is 90.2 Å². The van der Waals surface area contributed by atoms with Crippen LogP contribution in [-0.2, 0) is 43.5 Å². The number of aliphatic hydroxyl groups is 1. The molecule has 0 radical (unpaired) electrons. The van der Waals surface area contributed by atoms with Crippen molar-refractivity contribution in [1.82, 2.24) is 0 Å². The number of aliphatic hydroxyl groups excluding tert-OH is 1. The monoisotopic (exact) mass is 593 g/mol. The molecule has 1 aliphatic rings. The Labute approximate surface area is 243 Å². The SMILES string of the molecule is N=C(O[C@@H]1OC(COCc2ccccc2)[C@@H](OCc2ccccc2)C(O)C1OCc1ccccc1)C(Cl)(Cl)Cl. The summed E-state index contributed by atoms with van der Waals surface area (Å²) in [6.07, 6.45) is -5.18. The summed E-state index contributed by atoms with van der Waals surface area (Å²) in [5.41, 5.74) is 2.77. The van der Waals surface area contributed by atoms with Crippen LogP contribution in [0.5, 0.6) is 0 Å². The smallest absolute Gasteiger partial charge is 0.265 e. The molecule has 5 atom stereocenters. The lowest BCUT2D eigenvalue weighted by molar-refractivity contribution is -0.304. The van der Waals surface area contributed by atoms with Crippen molar-refractivity contribution in [3.8, 4) is 0 Å². The van der Waals surface area contributed by atoms with Crippen LogP contribution in [0.4, 0.5) is 0 Å². The number of halogens is 3. The molecule has 1 aliphatic heterocycles. The number of nitrogens with one attached hydrogen (secondary N) is 1. The Bertz CT molecular complexity index is 1150. The molecule has 0 amide bonds. The summed E-state index contributed by atoms with van der Waals surface area (Å²) in [6, 6.07) is 28.7. The maximum absolute atomic E-state index is 11.5. The Morgan fingerprint density at radius 1 is 0.744 bits per heavy atom. The van der Waals surface area contributed by atoms with E-state index < -0.39 is 40.4 Å². The minimum Gasteiger partial charge on any atom is -0.445 e. The minimum absolute atomic E-state index is 0.0672. The van der Waals surface area contributed by atoms with Gasteiger partial charge in [0.25, 0.3) is 3.79 Å². The van der Waals surface area contributed by atoms with Crippen molar-refractivity contribution < 1.29 is 28.8 Å². The van der Waals surface area contributed by atoms with Gasteiger partial charge in [0.15, 0.2) is 0 Å². The van der Waals surface area contributed by atoms with Crippen LogP contribution in [0, 0.1) is 5.41 Å². The number of alkyl halides is 3. The number of rotatable bonds is 11. The predicted molar refractivity (Wildman–Crippen MR) is 150 cm³/mol. The highest BCUT2D eigenvalue weighted by Gasteiger charge is 2.49. The van der Waals surface area contributed by atoms with Crippen LogP contribution in [0.2, 0.25) is 0 Å². The van der Waals surface area contributed by atoms with Crippen LogP contribution < -0.4 is 0 Å². The predicted octanol–water partition coefficient (Wildman–Crippen LogP) is 5.82. The fraction of sp³-hybridized carbons (Fsp3) is 0.345. The maximum Gasteiger partial charge on any atom is 0.265 e. The average Bonchev–Trinajstić information content (AvgIpc) is 2.93. The van der Waals surface area contributed by atoms with Gasteiger partial charge in [0.1, 0.15) is 24.4 Å². The second kappa shape index (κ2) is 14.4. The first kappa shape index (κ1) is 29.8. The van der Waals surface area contributed by atoms with E-state index in [1.807, 2.05) is 91.0 Å². The van der Waals surface area contributed by atoms with Crippen molar-refractivity contribution in [3.05, 3.63) is 108 Å². The number of benzene rings is 3. The van der Waals surface area contributed by atoms with E-state index in [2.05, 4.69) is 0 Å². The summed E-state index contributed by atoms with van der Waals surface area (Å²) in [4.78, 5) is 0. The minimum atomic E-state index is -2.13. The Morgan fingerprint density at radius 2 is 1.21 bits per heavy atom. The van der Waals surface area contributed by atoms with E-state index in [0.717, 1.165) is 16.7 Å². The molecular formula is C29H30Cl3NO6. The van der Waals surface area contributed by atoms with Gasteiger partial charge in [-0.1, -0.05) is 126 Å². The largest absolute Gasteiger partial charge is 0.445 e. The molecule has 3 aromatic rings. The van der Waals surface area contributed by atoms with Gasteiger partial charge < -0.3 is 28.8 Å². The van der Waals surface area contributed by atoms with Gasteiger partial charge in [-0.05, 0) is 16.7 Å². The maximum atomic E-state index is 11.5. The highest BCUT2D eigenvalue weighted by Crippen LogP contribution is 2.33. The standard InChI is InChI=1S/C29H30Cl3NO6/c30-29(31,32)28(33)39-27-26(37-18-22-14-8-3-9-15-22)24(34)25(36-17-21-12-6-2-7-13-21)23(38-27)19-35-16-20-10-4-1-5-11-20/h1-15,23-27,33-34H,16-19H2/t23?,24?,25-,26?,27+/m1/s1. The summed E-state index contributed by atoms with van der Waals surface area (Å²) >= 11 is 17.6. The van der Waals surface area contributed by atoms with Gasteiger partial charge >= 0.3 is 0 Å². The number of hydrogen-bond donors (Lipinski definition) is 2. The van der Waals surface area contributed by atoms with Crippen molar-refractivity contribution in [1.29, 1.82) is 5.41 Å². The van der Waals surface area contributed by atoms with Gasteiger partial charge in [-0.25, -0.2) is 0 Å². The fourth-order valence-corrected chi connectivity index (χ4v) is 4.22. The first-order valence-electron chi connectivity index (χ1n) is 12.4. The summed E-state index contributed by atoms with van der Waals surface area (Å²) in [6.45, 7) is 0.763. The Morgan fingerprint density at radius 3 is 1.69 bits per heavy atom. The summed E-state index contributed by atoms with van der Waals surface area (Å²) in [5, 5.41) is 19.6. The van der Waals surface area contributed by atoms with Crippen LogP contribution in [-0.4, -0.2) is 52.1 Å². The van der Waals surface area contributed by atoms with E-state index in [4.69, 9.17) is 63.9 Å². The number of ether oxygens (including phenoxy) is 5. The third-order valence-corrected chi connectivity index (χ3v) is 6.59. The van der Waals surface area contributed by atoms with Gasteiger partial charge in [-0.2, -0.15) is 0 Å². The molecule has 7 nitrogen and oxygen atoms in total. The summed E-state index contributed by atoms with van der Waals surface area (Å²) < 4.78 is 27.8. The molecule has 208 valence electrons. The Balaban J connectivity index is 1.53. The molecule has 0 spiro atoms. The van der Waals surface area contributed by atoms with Gasteiger partial charge in [0, 0.05) is 0 Å². The Hall–Kier alpha value is -2.20. The highest BCUT2D eigenvalue weighted by atomic mass is 35.6. The van der Waals surface area contributed by atoms with Crippen molar-refractivity contribution in [2.24, 2.45) is 0 Å². The van der Waals surface area contributed by atoms with E-state index in [-0.39, 0.29) is 19.8 Å². The lowest BCUT2D eigenvalue weighted by Gasteiger charge is -2.44. The molecule has 39 heavy (non-hydrogen) atoms. The van der Waals surface area contributed by atoms with Crippen LogP contribution >= 0.6 is 34.8 Å². The van der Waals surface area contributed by atoms with E-state index in [1.165, 1.54) is 0 Å². The molecule has 2 N–H and O–H groups in total. The zero-order valence-electron chi connectivity index (χ0n) is 21.0. The molecule has 0 bridgehead atoms. The zero-order valence-corrected chi connectivity index (χ0v) is 23.3. The van der Waals surface area contributed by atoms with Gasteiger partial charge in [-0.15, -0.1) is 0 Å².